The zero-order chi connectivity index (χ0) is 9.19. The maximum atomic E-state index is 5.61. The maximum Gasteiger partial charge on any atom is 0.0153 e. The van der Waals surface area contributed by atoms with E-state index < -0.39 is 0 Å². The van der Waals surface area contributed by atoms with Crippen molar-refractivity contribution in [2.75, 3.05) is 19.6 Å². The van der Waals surface area contributed by atoms with E-state index in [4.69, 9.17) is 5.73 Å². The third-order valence-corrected chi connectivity index (χ3v) is 3.01. The molecule has 1 heterocycles. The zero-order valence-electron chi connectivity index (χ0n) is 8.64. The topological polar surface area (TPSA) is 29.3 Å². The fourth-order valence-electron chi connectivity index (χ4n) is 1.95. The highest BCUT2D eigenvalue weighted by Crippen LogP contribution is 2.28. The molecule has 0 bridgehead atoms. The summed E-state index contributed by atoms with van der Waals surface area (Å²) in [6, 6.07) is 0. The lowest BCUT2D eigenvalue weighted by molar-refractivity contribution is 0.153. The van der Waals surface area contributed by atoms with Crippen molar-refractivity contribution in [2.45, 2.75) is 39.2 Å². The second-order valence-electron chi connectivity index (χ2n) is 4.70. The van der Waals surface area contributed by atoms with Crippen molar-refractivity contribution in [3.8, 4) is 0 Å². The minimum absolute atomic E-state index is 0.420. The Hall–Kier alpha value is -0.0800. The van der Waals surface area contributed by atoms with E-state index in [9.17, 15) is 0 Å². The average molecular weight is 170 g/mol. The molecule has 0 saturated carbocycles. The monoisotopic (exact) mass is 170 g/mol. The highest BCUT2D eigenvalue weighted by molar-refractivity contribution is 4.88. The second kappa shape index (κ2) is 3.75. The van der Waals surface area contributed by atoms with Gasteiger partial charge in [0.15, 0.2) is 0 Å². The molecule has 0 radical (unpaired) electrons. The number of nitrogens with zero attached hydrogens (tertiary/aromatic N) is 1. The van der Waals surface area contributed by atoms with Gasteiger partial charge in [0, 0.05) is 12.1 Å². The van der Waals surface area contributed by atoms with E-state index >= 15 is 0 Å². The van der Waals surface area contributed by atoms with Crippen molar-refractivity contribution in [3.63, 3.8) is 0 Å². The number of rotatable bonds is 3. The molecule has 2 N–H and O–H groups in total. The summed E-state index contributed by atoms with van der Waals surface area (Å²) in [7, 11) is 0. The highest BCUT2D eigenvalue weighted by atomic mass is 15.2. The van der Waals surface area contributed by atoms with Gasteiger partial charge in [-0.1, -0.05) is 6.92 Å². The van der Waals surface area contributed by atoms with Crippen molar-refractivity contribution in [2.24, 2.45) is 11.7 Å². The second-order valence-corrected chi connectivity index (χ2v) is 4.70. The number of hydrogen-bond donors (Lipinski definition) is 1. The van der Waals surface area contributed by atoms with Crippen LogP contribution in [0.5, 0.6) is 0 Å². The predicted octanol–water partition coefficient (Wildman–Crippen LogP) is 1.46. The molecule has 1 fully saturated rings. The molecule has 12 heavy (non-hydrogen) atoms. The minimum atomic E-state index is 0.420. The first-order valence-corrected chi connectivity index (χ1v) is 5.01. The molecule has 0 amide bonds. The van der Waals surface area contributed by atoms with Gasteiger partial charge in [-0.2, -0.15) is 0 Å². The molecule has 2 heteroatoms. The maximum absolute atomic E-state index is 5.61. The summed E-state index contributed by atoms with van der Waals surface area (Å²) in [5.74, 6) is 0.641. The third-order valence-electron chi connectivity index (χ3n) is 3.01. The Morgan fingerprint density at radius 3 is 2.58 bits per heavy atom. The van der Waals surface area contributed by atoms with E-state index in [1.165, 1.54) is 25.9 Å². The molecular weight excluding hydrogens is 148 g/mol. The molecule has 1 atom stereocenters. The summed E-state index contributed by atoms with van der Waals surface area (Å²) in [6.45, 7) is 10.1. The van der Waals surface area contributed by atoms with Gasteiger partial charge in [-0.25, -0.2) is 0 Å². The molecular formula is C10H22N2. The van der Waals surface area contributed by atoms with Gasteiger partial charge in [-0.3, -0.25) is 4.90 Å². The van der Waals surface area contributed by atoms with Crippen LogP contribution in [0, 0.1) is 5.92 Å². The van der Waals surface area contributed by atoms with Crippen molar-refractivity contribution >= 4 is 0 Å². The molecule has 2 nitrogen and oxygen atoms in total. The Kier molecular flexibility index (Phi) is 3.13. The first-order valence-electron chi connectivity index (χ1n) is 5.01. The lowest BCUT2D eigenvalue weighted by atomic mass is 10.0. The van der Waals surface area contributed by atoms with Crippen LogP contribution in [0.4, 0.5) is 0 Å². The van der Waals surface area contributed by atoms with Crippen LogP contribution >= 0.6 is 0 Å². The summed E-state index contributed by atoms with van der Waals surface area (Å²) in [5, 5.41) is 0. The zero-order valence-corrected chi connectivity index (χ0v) is 8.64. The third kappa shape index (κ3) is 2.20. The normalized spacial score (nSPS) is 26.0. The minimum Gasteiger partial charge on any atom is -0.330 e. The predicted molar refractivity (Wildman–Crippen MR) is 53.1 cm³/mol. The Morgan fingerprint density at radius 2 is 2.17 bits per heavy atom. The van der Waals surface area contributed by atoms with Crippen molar-refractivity contribution in [3.05, 3.63) is 0 Å². The lowest BCUT2D eigenvalue weighted by Crippen LogP contribution is -2.41. The molecule has 0 aromatic carbocycles. The largest absolute Gasteiger partial charge is 0.330 e. The summed E-state index contributed by atoms with van der Waals surface area (Å²) < 4.78 is 0. The Morgan fingerprint density at radius 1 is 1.50 bits per heavy atom. The molecule has 0 aromatic heterocycles. The molecule has 1 saturated heterocycles. The van der Waals surface area contributed by atoms with Crippen LogP contribution < -0.4 is 5.73 Å². The van der Waals surface area contributed by atoms with E-state index in [1.54, 1.807) is 0 Å². The van der Waals surface area contributed by atoms with Gasteiger partial charge in [0.05, 0.1) is 0 Å². The van der Waals surface area contributed by atoms with E-state index in [0.29, 0.717) is 11.5 Å². The van der Waals surface area contributed by atoms with Gasteiger partial charge in [0.25, 0.3) is 0 Å². The standard InChI is InChI=1S/C10H22N2/c1-9(7-11)8-12-6-4-5-10(12,2)3/h9H,4-8,11H2,1-3H3. The van der Waals surface area contributed by atoms with E-state index in [1.807, 2.05) is 0 Å². The van der Waals surface area contributed by atoms with E-state index in [0.717, 1.165) is 6.54 Å². The molecule has 1 unspecified atom stereocenters. The van der Waals surface area contributed by atoms with Crippen LogP contribution in [0.2, 0.25) is 0 Å². The van der Waals surface area contributed by atoms with Crippen molar-refractivity contribution < 1.29 is 0 Å². The van der Waals surface area contributed by atoms with Crippen LogP contribution in [-0.2, 0) is 0 Å². The SMILES string of the molecule is CC(CN)CN1CCCC1(C)C. The molecule has 0 aliphatic carbocycles. The fourth-order valence-corrected chi connectivity index (χ4v) is 1.95. The average Bonchev–Trinajstić information content (AvgIpc) is 2.31. The molecule has 1 rings (SSSR count). The van der Waals surface area contributed by atoms with E-state index in [-0.39, 0.29) is 0 Å². The highest BCUT2D eigenvalue weighted by Gasteiger charge is 2.31. The van der Waals surface area contributed by atoms with Gasteiger partial charge in [-0.15, -0.1) is 0 Å². The molecule has 1 aliphatic rings. The summed E-state index contributed by atoms with van der Waals surface area (Å²) in [4.78, 5) is 2.57. The van der Waals surface area contributed by atoms with Crippen molar-refractivity contribution in [1.82, 2.24) is 4.90 Å². The number of nitrogens with two attached hydrogens (primary N) is 1. The van der Waals surface area contributed by atoms with Crippen molar-refractivity contribution in [1.29, 1.82) is 0 Å². The smallest absolute Gasteiger partial charge is 0.0153 e. The molecule has 0 aromatic rings. The van der Waals surface area contributed by atoms with Gasteiger partial charge in [0.1, 0.15) is 0 Å². The first-order chi connectivity index (χ1) is 5.56. The van der Waals surface area contributed by atoms with Crippen LogP contribution in [0.25, 0.3) is 0 Å². The summed E-state index contributed by atoms with van der Waals surface area (Å²) in [5.41, 5.74) is 6.03. The quantitative estimate of drug-likeness (QED) is 0.694. The summed E-state index contributed by atoms with van der Waals surface area (Å²) >= 11 is 0. The Labute approximate surface area is 76.1 Å². The fraction of sp³-hybridized carbons (Fsp3) is 1.00. The Bertz CT molecular complexity index is 143. The number of hydrogen-bond acceptors (Lipinski definition) is 2. The van der Waals surface area contributed by atoms with E-state index in [2.05, 4.69) is 25.7 Å². The van der Waals surface area contributed by atoms with Gasteiger partial charge >= 0.3 is 0 Å². The molecule has 72 valence electrons. The van der Waals surface area contributed by atoms with Gasteiger partial charge < -0.3 is 5.73 Å². The van der Waals surface area contributed by atoms with Crippen LogP contribution in [0.15, 0.2) is 0 Å². The number of likely N-dealkylation sites (tertiary alicyclic amines) is 1. The first kappa shape index (κ1) is 10.0. The van der Waals surface area contributed by atoms with Gasteiger partial charge in [-0.05, 0) is 45.7 Å². The van der Waals surface area contributed by atoms with Crippen LogP contribution in [0.3, 0.4) is 0 Å². The van der Waals surface area contributed by atoms with Gasteiger partial charge in [0.2, 0.25) is 0 Å². The molecule has 0 spiro atoms. The van der Waals surface area contributed by atoms with Crippen LogP contribution in [-0.4, -0.2) is 30.1 Å². The molecule has 1 aliphatic heterocycles. The lowest BCUT2D eigenvalue weighted by Gasteiger charge is -2.33. The summed E-state index contributed by atoms with van der Waals surface area (Å²) in [6.07, 6.45) is 2.69. The van der Waals surface area contributed by atoms with Crippen LogP contribution in [0.1, 0.15) is 33.6 Å². The Balaban J connectivity index is 2.41.